The molecule has 0 amide bonds. The molecule has 0 aromatic heterocycles. The Morgan fingerprint density at radius 2 is 1.86 bits per heavy atom. The molecule has 1 aromatic carbocycles. The first kappa shape index (κ1) is 12.8. The Morgan fingerprint density at radius 1 is 1.14 bits per heavy atom. The third-order valence-corrected chi connectivity index (χ3v) is 5.65. The minimum absolute atomic E-state index is 0.118. The van der Waals surface area contributed by atoms with Crippen molar-refractivity contribution in [1.29, 1.82) is 0 Å². The van der Waals surface area contributed by atoms with E-state index in [1.54, 1.807) is 0 Å². The maximum absolute atomic E-state index is 2.45. The average Bonchev–Trinajstić information content (AvgIpc) is 2.69. The van der Waals surface area contributed by atoms with Crippen molar-refractivity contribution in [2.75, 3.05) is 7.05 Å². The van der Waals surface area contributed by atoms with Crippen LogP contribution in [0.2, 0.25) is 0 Å². The van der Waals surface area contributed by atoms with E-state index in [-0.39, 0.29) is 5.41 Å². The molecule has 1 heteroatoms. The van der Waals surface area contributed by atoms with E-state index in [4.69, 9.17) is 0 Å². The topological polar surface area (TPSA) is 3.01 Å². The Balaban J connectivity index is 2.09. The first-order valence-corrected chi connectivity index (χ1v) is 7.82. The van der Waals surface area contributed by atoms with Gasteiger partial charge < -0.3 is 0 Å². The summed E-state index contributed by atoms with van der Waals surface area (Å²) >= 11 is 0. The first-order chi connectivity index (χ1) is 10.0. The summed E-state index contributed by atoms with van der Waals surface area (Å²) in [6.45, 7) is 7.01. The third-order valence-electron chi connectivity index (χ3n) is 5.65. The highest BCUT2D eigenvalue weighted by atomic mass is 15.0. The fourth-order valence-corrected chi connectivity index (χ4v) is 4.27. The lowest BCUT2D eigenvalue weighted by molar-refractivity contribution is -0.447. The van der Waals surface area contributed by atoms with Crippen LogP contribution in [-0.2, 0) is 0 Å². The molecule has 1 aliphatic heterocycles. The minimum atomic E-state index is 0.118. The number of nitrogens with zero attached hydrogens (tertiary/aromatic N) is 1. The highest BCUT2D eigenvalue weighted by molar-refractivity contribution is 6.04. The number of fused-ring (bicyclic) bond motifs is 5. The summed E-state index contributed by atoms with van der Waals surface area (Å²) in [7, 11) is 2.24. The van der Waals surface area contributed by atoms with Gasteiger partial charge in [0.25, 0.3) is 0 Å². The van der Waals surface area contributed by atoms with E-state index in [9.17, 15) is 0 Å². The number of hydrogen-bond donors (Lipinski definition) is 0. The first-order valence-electron chi connectivity index (χ1n) is 7.82. The van der Waals surface area contributed by atoms with Crippen LogP contribution in [0.1, 0.15) is 38.3 Å². The molecule has 2 aliphatic carbocycles. The van der Waals surface area contributed by atoms with Crippen molar-refractivity contribution in [3.8, 4) is 0 Å². The maximum Gasteiger partial charge on any atom is 0.193 e. The zero-order chi connectivity index (χ0) is 14.8. The molecule has 0 radical (unpaired) electrons. The molecule has 106 valence electrons. The molecule has 4 rings (SSSR count). The van der Waals surface area contributed by atoms with Gasteiger partial charge in [-0.15, -0.1) is 0 Å². The van der Waals surface area contributed by atoms with Gasteiger partial charge in [-0.25, -0.2) is 4.58 Å². The largest absolute Gasteiger partial charge is 0.205 e. The van der Waals surface area contributed by atoms with Gasteiger partial charge in [0.15, 0.2) is 11.4 Å². The summed E-state index contributed by atoms with van der Waals surface area (Å²) in [5.74, 6) is 0.515. The van der Waals surface area contributed by atoms with Gasteiger partial charge in [-0.05, 0) is 37.0 Å². The van der Waals surface area contributed by atoms with Crippen molar-refractivity contribution in [3.05, 3.63) is 59.3 Å². The molecule has 0 spiro atoms. The van der Waals surface area contributed by atoms with Gasteiger partial charge in [0, 0.05) is 12.5 Å². The molecule has 0 bridgehead atoms. The molecular weight excluding hydrogens is 254 g/mol. The fourth-order valence-electron chi connectivity index (χ4n) is 4.27. The van der Waals surface area contributed by atoms with Crippen LogP contribution in [0.25, 0.3) is 11.1 Å². The zero-order valence-electron chi connectivity index (χ0n) is 13.3. The van der Waals surface area contributed by atoms with Gasteiger partial charge in [0.05, 0.1) is 11.3 Å². The quantitative estimate of drug-likeness (QED) is 0.613. The number of hydrogen-bond acceptors (Lipinski definition) is 0. The Bertz CT molecular complexity index is 769. The van der Waals surface area contributed by atoms with E-state index in [0.717, 1.165) is 6.42 Å². The maximum atomic E-state index is 2.45. The zero-order valence-corrected chi connectivity index (χ0v) is 13.3. The molecule has 1 atom stereocenters. The predicted octanol–water partition coefficient (Wildman–Crippen LogP) is 4.51. The van der Waals surface area contributed by atoms with Crippen LogP contribution < -0.4 is 0 Å². The second-order valence-electron chi connectivity index (χ2n) is 6.91. The van der Waals surface area contributed by atoms with E-state index >= 15 is 0 Å². The number of benzene rings is 1. The molecule has 3 aliphatic rings. The summed E-state index contributed by atoms with van der Waals surface area (Å²) in [4.78, 5) is 0. The van der Waals surface area contributed by atoms with Gasteiger partial charge in [-0.2, -0.15) is 0 Å². The molecule has 1 heterocycles. The van der Waals surface area contributed by atoms with Crippen molar-refractivity contribution in [3.63, 3.8) is 0 Å². The third kappa shape index (κ3) is 1.49. The molecule has 1 unspecified atom stereocenters. The highest BCUT2D eigenvalue weighted by Gasteiger charge is 2.50. The van der Waals surface area contributed by atoms with Crippen LogP contribution in [0.4, 0.5) is 0 Å². The van der Waals surface area contributed by atoms with Crippen molar-refractivity contribution >= 4 is 16.9 Å². The highest BCUT2D eigenvalue weighted by Crippen LogP contribution is 2.54. The van der Waals surface area contributed by atoms with E-state index in [0.29, 0.717) is 5.92 Å². The Labute approximate surface area is 127 Å². The molecule has 0 saturated heterocycles. The Kier molecular flexibility index (Phi) is 2.48. The van der Waals surface area contributed by atoms with Crippen LogP contribution in [0.5, 0.6) is 0 Å². The van der Waals surface area contributed by atoms with E-state index in [1.165, 1.54) is 33.7 Å². The molecule has 1 nitrogen and oxygen atoms in total. The lowest BCUT2D eigenvalue weighted by atomic mass is 9.68. The van der Waals surface area contributed by atoms with Gasteiger partial charge in [-0.3, -0.25) is 0 Å². The molecule has 0 saturated carbocycles. The predicted molar refractivity (Wildman–Crippen MR) is 89.2 cm³/mol. The van der Waals surface area contributed by atoms with Crippen LogP contribution >= 0.6 is 0 Å². The molecule has 0 N–H and O–H groups in total. The lowest BCUT2D eigenvalue weighted by Crippen LogP contribution is -2.23. The van der Waals surface area contributed by atoms with Gasteiger partial charge >= 0.3 is 0 Å². The summed E-state index contributed by atoms with van der Waals surface area (Å²) in [5, 5.41) is 0. The van der Waals surface area contributed by atoms with Crippen molar-refractivity contribution in [2.45, 2.75) is 27.2 Å². The van der Waals surface area contributed by atoms with Gasteiger partial charge in [0.2, 0.25) is 0 Å². The van der Waals surface area contributed by atoms with Crippen molar-refractivity contribution in [1.82, 2.24) is 0 Å². The van der Waals surface area contributed by atoms with Crippen LogP contribution in [0, 0.1) is 11.3 Å². The monoisotopic (exact) mass is 276 g/mol. The molecule has 21 heavy (non-hydrogen) atoms. The fraction of sp³-hybridized carbons (Fsp3) is 0.350. The van der Waals surface area contributed by atoms with Gasteiger partial charge in [0.1, 0.15) is 7.05 Å². The SMILES string of the molecule is CC1=[N+](C)C2=C(c3ccccc3C3=CC=CCC32)C1(C)C. The summed E-state index contributed by atoms with van der Waals surface area (Å²) in [6, 6.07) is 8.94. The van der Waals surface area contributed by atoms with E-state index in [1.807, 2.05) is 0 Å². The van der Waals surface area contributed by atoms with E-state index in [2.05, 4.69) is 74.9 Å². The second kappa shape index (κ2) is 4.07. The minimum Gasteiger partial charge on any atom is -0.205 e. The van der Waals surface area contributed by atoms with E-state index < -0.39 is 0 Å². The van der Waals surface area contributed by atoms with Gasteiger partial charge in [-0.1, -0.05) is 42.5 Å². The van der Waals surface area contributed by atoms with Crippen LogP contribution in [-0.4, -0.2) is 17.3 Å². The molecule has 1 aromatic rings. The Hall–Kier alpha value is -1.89. The van der Waals surface area contributed by atoms with Crippen LogP contribution in [0.15, 0.2) is 48.2 Å². The van der Waals surface area contributed by atoms with Crippen molar-refractivity contribution < 1.29 is 4.58 Å². The standard InChI is InChI=1S/C20H22N/c1-13-20(2,3)18-16-11-7-5-9-14(16)15-10-6-8-12-17(15)19(18)21(13)4/h5-11,17H,12H2,1-4H3/q+1. The summed E-state index contributed by atoms with van der Waals surface area (Å²) < 4.78 is 2.45. The average molecular weight is 276 g/mol. The Morgan fingerprint density at radius 3 is 2.62 bits per heavy atom. The number of rotatable bonds is 0. The second-order valence-corrected chi connectivity index (χ2v) is 6.91. The normalized spacial score (nSPS) is 25.5. The smallest absolute Gasteiger partial charge is 0.193 e. The van der Waals surface area contributed by atoms with Crippen molar-refractivity contribution in [2.24, 2.45) is 11.3 Å². The summed E-state index contributed by atoms with van der Waals surface area (Å²) in [6.07, 6.45) is 7.95. The molecule has 0 fully saturated rings. The molecular formula is C20H22N+. The van der Waals surface area contributed by atoms with Crippen LogP contribution in [0.3, 0.4) is 0 Å². The number of allylic oxidation sites excluding steroid dienone is 5. The summed E-state index contributed by atoms with van der Waals surface area (Å²) in [5.41, 5.74) is 8.98. The lowest BCUT2D eigenvalue weighted by Gasteiger charge is -2.31.